The maximum Gasteiger partial charge on any atom is 0.253 e. The number of benzene rings is 2. The molecular formula is C21H18ClN5O3. The van der Waals surface area contributed by atoms with E-state index in [1.807, 2.05) is 18.2 Å². The summed E-state index contributed by atoms with van der Waals surface area (Å²) in [7, 11) is 3.15. The Morgan fingerprint density at radius 1 is 1.13 bits per heavy atom. The van der Waals surface area contributed by atoms with Crippen molar-refractivity contribution in [1.29, 1.82) is 0 Å². The number of halogens is 1. The van der Waals surface area contributed by atoms with E-state index < -0.39 is 0 Å². The molecule has 0 aliphatic rings. The number of fused-ring (bicyclic) bond motifs is 1. The van der Waals surface area contributed by atoms with E-state index in [0.717, 1.165) is 5.56 Å². The third kappa shape index (κ3) is 3.77. The SMILES string of the molecule is COc1ccc(CNC(=O)c2ccc(-n3nnc4cccnc43)cc2Cl)c(OC)c1. The van der Waals surface area contributed by atoms with Crippen LogP contribution in [0.1, 0.15) is 15.9 Å². The van der Waals surface area contributed by atoms with Gasteiger partial charge in [-0.1, -0.05) is 16.8 Å². The van der Waals surface area contributed by atoms with Crippen LogP contribution in [-0.4, -0.2) is 40.1 Å². The summed E-state index contributed by atoms with van der Waals surface area (Å²) in [6, 6.07) is 14.1. The summed E-state index contributed by atoms with van der Waals surface area (Å²) >= 11 is 6.39. The van der Waals surface area contributed by atoms with E-state index in [2.05, 4.69) is 20.6 Å². The first-order valence-electron chi connectivity index (χ1n) is 9.06. The number of methoxy groups -OCH3 is 2. The van der Waals surface area contributed by atoms with Crippen LogP contribution in [0.5, 0.6) is 11.5 Å². The molecule has 8 nitrogen and oxygen atoms in total. The van der Waals surface area contributed by atoms with Gasteiger partial charge in [-0.25, -0.2) is 4.98 Å². The summed E-state index contributed by atoms with van der Waals surface area (Å²) in [5.41, 5.74) is 3.11. The highest BCUT2D eigenvalue weighted by molar-refractivity contribution is 6.34. The van der Waals surface area contributed by atoms with Crippen molar-refractivity contribution in [3.63, 3.8) is 0 Å². The lowest BCUT2D eigenvalue weighted by atomic mass is 10.1. The zero-order chi connectivity index (χ0) is 21.1. The second-order valence-electron chi connectivity index (χ2n) is 6.37. The highest BCUT2D eigenvalue weighted by Gasteiger charge is 2.14. The van der Waals surface area contributed by atoms with Gasteiger partial charge in [-0.15, -0.1) is 5.10 Å². The smallest absolute Gasteiger partial charge is 0.253 e. The van der Waals surface area contributed by atoms with E-state index in [1.54, 1.807) is 55.4 Å². The molecule has 0 aliphatic carbocycles. The normalized spacial score (nSPS) is 10.8. The minimum absolute atomic E-state index is 0.279. The molecule has 2 aromatic heterocycles. The lowest BCUT2D eigenvalue weighted by Crippen LogP contribution is -2.23. The summed E-state index contributed by atoms with van der Waals surface area (Å²) in [5.74, 6) is 1.00. The Balaban J connectivity index is 1.53. The molecule has 0 aliphatic heterocycles. The lowest BCUT2D eigenvalue weighted by molar-refractivity contribution is 0.0951. The maximum absolute atomic E-state index is 12.7. The first-order valence-corrected chi connectivity index (χ1v) is 9.44. The molecular weight excluding hydrogens is 406 g/mol. The molecule has 1 N–H and O–H groups in total. The third-order valence-electron chi connectivity index (χ3n) is 4.58. The van der Waals surface area contributed by atoms with Crippen LogP contribution in [0.4, 0.5) is 0 Å². The predicted molar refractivity (Wildman–Crippen MR) is 112 cm³/mol. The van der Waals surface area contributed by atoms with Gasteiger partial charge in [0.2, 0.25) is 0 Å². The van der Waals surface area contributed by atoms with Crippen molar-refractivity contribution in [2.75, 3.05) is 14.2 Å². The second kappa shape index (κ2) is 8.38. The van der Waals surface area contributed by atoms with Crippen molar-refractivity contribution in [1.82, 2.24) is 25.3 Å². The summed E-state index contributed by atoms with van der Waals surface area (Å²) in [6.45, 7) is 0.279. The molecule has 0 spiro atoms. The molecule has 4 rings (SSSR count). The van der Waals surface area contributed by atoms with Crippen molar-refractivity contribution in [2.24, 2.45) is 0 Å². The molecule has 2 heterocycles. The Labute approximate surface area is 177 Å². The summed E-state index contributed by atoms with van der Waals surface area (Å²) in [4.78, 5) is 17.0. The van der Waals surface area contributed by atoms with Crippen LogP contribution in [0.2, 0.25) is 5.02 Å². The Bertz CT molecular complexity index is 1220. The van der Waals surface area contributed by atoms with E-state index in [1.165, 1.54) is 0 Å². The Hall–Kier alpha value is -3.65. The number of pyridine rings is 1. The van der Waals surface area contributed by atoms with Gasteiger partial charge in [-0.3, -0.25) is 4.79 Å². The largest absolute Gasteiger partial charge is 0.497 e. The van der Waals surface area contributed by atoms with Gasteiger partial charge in [0.25, 0.3) is 5.91 Å². The van der Waals surface area contributed by atoms with Gasteiger partial charge in [0, 0.05) is 24.4 Å². The standard InChI is InChI=1S/C21H18ClN5O3/c1-29-15-7-5-13(19(11-15)30-2)12-24-21(28)16-8-6-14(10-17(16)22)27-20-18(25-26-27)4-3-9-23-20/h3-11H,12H2,1-2H3,(H,24,28). The van der Waals surface area contributed by atoms with Crippen molar-refractivity contribution in [2.45, 2.75) is 6.54 Å². The van der Waals surface area contributed by atoms with Gasteiger partial charge in [0.15, 0.2) is 5.65 Å². The third-order valence-corrected chi connectivity index (χ3v) is 4.90. The number of hydrogen-bond donors (Lipinski definition) is 1. The fourth-order valence-corrected chi connectivity index (χ4v) is 3.29. The molecule has 0 bridgehead atoms. The molecule has 0 fully saturated rings. The number of carbonyl (C=O) groups is 1. The number of nitrogens with zero attached hydrogens (tertiary/aromatic N) is 4. The van der Waals surface area contributed by atoms with E-state index in [0.29, 0.717) is 38.9 Å². The number of carbonyl (C=O) groups excluding carboxylic acids is 1. The monoisotopic (exact) mass is 423 g/mol. The second-order valence-corrected chi connectivity index (χ2v) is 6.78. The minimum Gasteiger partial charge on any atom is -0.497 e. The average Bonchev–Trinajstić information content (AvgIpc) is 3.21. The number of ether oxygens (including phenoxy) is 2. The van der Waals surface area contributed by atoms with Crippen LogP contribution in [0.3, 0.4) is 0 Å². The van der Waals surface area contributed by atoms with Crippen LogP contribution in [0.15, 0.2) is 54.7 Å². The topological polar surface area (TPSA) is 91.2 Å². The van der Waals surface area contributed by atoms with Gasteiger partial charge in [-0.2, -0.15) is 4.68 Å². The van der Waals surface area contributed by atoms with E-state index in [4.69, 9.17) is 21.1 Å². The Morgan fingerprint density at radius 3 is 2.77 bits per heavy atom. The molecule has 9 heteroatoms. The van der Waals surface area contributed by atoms with Crippen LogP contribution in [0.25, 0.3) is 16.9 Å². The van der Waals surface area contributed by atoms with E-state index in [-0.39, 0.29) is 12.5 Å². The summed E-state index contributed by atoms with van der Waals surface area (Å²) in [6.07, 6.45) is 1.67. The first kappa shape index (κ1) is 19.7. The minimum atomic E-state index is -0.300. The van der Waals surface area contributed by atoms with Crippen molar-refractivity contribution in [3.8, 4) is 17.2 Å². The Morgan fingerprint density at radius 2 is 2.00 bits per heavy atom. The van der Waals surface area contributed by atoms with Crippen LogP contribution in [0, 0.1) is 0 Å². The summed E-state index contributed by atoms with van der Waals surface area (Å²) in [5, 5.41) is 11.4. The molecule has 0 saturated carbocycles. The quantitative estimate of drug-likeness (QED) is 0.511. The maximum atomic E-state index is 12.7. The van der Waals surface area contributed by atoms with Gasteiger partial charge in [-0.05, 0) is 42.5 Å². The molecule has 0 radical (unpaired) electrons. The van der Waals surface area contributed by atoms with Gasteiger partial charge >= 0.3 is 0 Å². The fraction of sp³-hybridized carbons (Fsp3) is 0.143. The predicted octanol–water partition coefficient (Wildman–Crippen LogP) is 3.42. The van der Waals surface area contributed by atoms with Crippen LogP contribution < -0.4 is 14.8 Å². The van der Waals surface area contributed by atoms with Crippen molar-refractivity contribution < 1.29 is 14.3 Å². The van der Waals surface area contributed by atoms with E-state index >= 15 is 0 Å². The molecule has 0 saturated heterocycles. The fourth-order valence-electron chi connectivity index (χ4n) is 3.03. The molecule has 0 unspecified atom stereocenters. The molecule has 1 amide bonds. The molecule has 4 aromatic rings. The molecule has 2 aromatic carbocycles. The van der Waals surface area contributed by atoms with Crippen molar-refractivity contribution >= 4 is 28.7 Å². The molecule has 0 atom stereocenters. The van der Waals surface area contributed by atoms with Gasteiger partial charge in [0.1, 0.15) is 17.0 Å². The molecule has 30 heavy (non-hydrogen) atoms. The number of hydrogen-bond acceptors (Lipinski definition) is 6. The highest BCUT2D eigenvalue weighted by Crippen LogP contribution is 2.25. The number of nitrogens with one attached hydrogen (secondary N) is 1. The highest BCUT2D eigenvalue weighted by atomic mass is 35.5. The Kier molecular flexibility index (Phi) is 5.49. The number of amides is 1. The zero-order valence-electron chi connectivity index (χ0n) is 16.3. The zero-order valence-corrected chi connectivity index (χ0v) is 17.1. The molecule has 152 valence electrons. The lowest BCUT2D eigenvalue weighted by Gasteiger charge is -2.12. The first-order chi connectivity index (χ1) is 14.6. The van der Waals surface area contributed by atoms with Gasteiger partial charge in [0.05, 0.1) is 30.5 Å². The van der Waals surface area contributed by atoms with E-state index in [9.17, 15) is 4.79 Å². The average molecular weight is 424 g/mol. The summed E-state index contributed by atoms with van der Waals surface area (Å²) < 4.78 is 12.1. The van der Waals surface area contributed by atoms with Crippen molar-refractivity contribution in [3.05, 3.63) is 70.9 Å². The van der Waals surface area contributed by atoms with Crippen LogP contribution in [-0.2, 0) is 6.54 Å². The number of rotatable bonds is 6. The van der Waals surface area contributed by atoms with Gasteiger partial charge < -0.3 is 14.8 Å². The number of aromatic nitrogens is 4. The van der Waals surface area contributed by atoms with Crippen LogP contribution >= 0.6 is 11.6 Å².